The Balaban J connectivity index is 1.23. The van der Waals surface area contributed by atoms with Crippen molar-refractivity contribution in [2.24, 2.45) is 0 Å². The maximum atomic E-state index is 13.1. The van der Waals surface area contributed by atoms with Crippen LogP contribution in [-0.2, 0) is 6.42 Å². The molecule has 1 atom stereocenters. The number of carbonyl (C=O) groups excluding carboxylic acids is 1. The van der Waals surface area contributed by atoms with E-state index in [-0.39, 0.29) is 12.0 Å². The quantitative estimate of drug-likeness (QED) is 0.642. The second-order valence-corrected chi connectivity index (χ2v) is 8.76. The monoisotopic (exact) mass is 428 g/mol. The highest BCUT2D eigenvalue weighted by Gasteiger charge is 2.27. The lowest BCUT2D eigenvalue weighted by molar-refractivity contribution is 0.0712. The van der Waals surface area contributed by atoms with E-state index in [1.54, 1.807) is 6.20 Å². The van der Waals surface area contributed by atoms with Crippen molar-refractivity contribution in [2.45, 2.75) is 45.1 Å². The normalized spacial score (nSPS) is 18.2. The van der Waals surface area contributed by atoms with E-state index in [0.717, 1.165) is 72.1 Å². The van der Waals surface area contributed by atoms with E-state index in [4.69, 9.17) is 9.72 Å². The second-order valence-electron chi connectivity index (χ2n) is 8.76. The highest BCUT2D eigenvalue weighted by molar-refractivity contribution is 5.94. The van der Waals surface area contributed by atoms with Crippen LogP contribution in [-0.4, -0.2) is 40.0 Å². The van der Waals surface area contributed by atoms with Gasteiger partial charge in [0.15, 0.2) is 0 Å². The van der Waals surface area contributed by atoms with Crippen LogP contribution in [0.15, 0.2) is 54.7 Å². The van der Waals surface area contributed by atoms with Gasteiger partial charge in [-0.15, -0.1) is 0 Å². The predicted molar refractivity (Wildman–Crippen MR) is 125 cm³/mol. The number of nitrogens with one attached hydrogen (secondary N) is 1. The van der Waals surface area contributed by atoms with Crippen molar-refractivity contribution in [3.05, 3.63) is 77.1 Å². The zero-order chi connectivity index (χ0) is 22.1. The Morgan fingerprint density at radius 3 is 2.78 bits per heavy atom. The number of nitrogens with zero attached hydrogens (tertiary/aromatic N) is 3. The van der Waals surface area contributed by atoms with Crippen molar-refractivity contribution in [1.82, 2.24) is 14.9 Å². The second kappa shape index (κ2) is 8.61. The molecule has 0 saturated carbocycles. The van der Waals surface area contributed by atoms with Crippen LogP contribution in [0.5, 0.6) is 5.75 Å². The van der Waals surface area contributed by atoms with Gasteiger partial charge in [0, 0.05) is 42.9 Å². The number of carbonyl (C=O) groups is 1. The third kappa shape index (κ3) is 4.17. The highest BCUT2D eigenvalue weighted by atomic mass is 16.5. The van der Waals surface area contributed by atoms with Crippen molar-refractivity contribution < 1.29 is 9.53 Å². The number of piperidine rings is 1. The minimum absolute atomic E-state index is 0.111. The fourth-order valence-electron chi connectivity index (χ4n) is 4.60. The Morgan fingerprint density at radius 1 is 1.12 bits per heavy atom. The molecule has 6 heteroatoms. The SMILES string of the molecule is Cc1cccnc1Nc1cccc(C2CCN(C(=O)c3ccc4c(c3)CC(C)O4)CC2)n1. The molecule has 1 amide bonds. The van der Waals surface area contributed by atoms with Crippen LogP contribution in [0.25, 0.3) is 0 Å². The Kier molecular flexibility index (Phi) is 5.52. The number of fused-ring (bicyclic) bond motifs is 1. The van der Waals surface area contributed by atoms with Crippen molar-refractivity contribution in [3.8, 4) is 5.75 Å². The number of aryl methyl sites for hydroxylation is 1. The maximum Gasteiger partial charge on any atom is 0.253 e. The lowest BCUT2D eigenvalue weighted by Crippen LogP contribution is -2.38. The molecule has 164 valence electrons. The van der Waals surface area contributed by atoms with Gasteiger partial charge in [-0.2, -0.15) is 0 Å². The summed E-state index contributed by atoms with van der Waals surface area (Å²) in [6.07, 6.45) is 4.66. The zero-order valence-electron chi connectivity index (χ0n) is 18.5. The van der Waals surface area contributed by atoms with Gasteiger partial charge in [-0.3, -0.25) is 4.79 Å². The molecule has 32 heavy (non-hydrogen) atoms. The van der Waals surface area contributed by atoms with Gasteiger partial charge in [0.05, 0.1) is 0 Å². The summed E-state index contributed by atoms with van der Waals surface area (Å²) in [7, 11) is 0. The lowest BCUT2D eigenvalue weighted by atomic mass is 9.92. The molecule has 3 aromatic rings. The molecule has 2 aliphatic rings. The molecular formula is C26H28N4O2. The summed E-state index contributed by atoms with van der Waals surface area (Å²) in [5.74, 6) is 3.00. The number of hydrogen-bond acceptors (Lipinski definition) is 5. The third-order valence-corrected chi connectivity index (χ3v) is 6.37. The molecule has 4 heterocycles. The van der Waals surface area contributed by atoms with Crippen LogP contribution in [0.2, 0.25) is 0 Å². The highest BCUT2D eigenvalue weighted by Crippen LogP contribution is 2.32. The first kappa shape index (κ1) is 20.5. The number of aromatic nitrogens is 2. The first-order valence-electron chi connectivity index (χ1n) is 11.3. The summed E-state index contributed by atoms with van der Waals surface area (Å²) < 4.78 is 5.76. The van der Waals surface area contributed by atoms with Gasteiger partial charge >= 0.3 is 0 Å². The molecule has 1 N–H and O–H groups in total. The average molecular weight is 429 g/mol. The Morgan fingerprint density at radius 2 is 1.97 bits per heavy atom. The minimum atomic E-state index is 0.111. The molecule has 1 fully saturated rings. The van der Waals surface area contributed by atoms with Gasteiger partial charge in [-0.05, 0) is 74.2 Å². The Bertz CT molecular complexity index is 1140. The van der Waals surface area contributed by atoms with E-state index in [9.17, 15) is 4.79 Å². The maximum absolute atomic E-state index is 13.1. The smallest absolute Gasteiger partial charge is 0.253 e. The standard InChI is InChI=1S/C26H28N4O2/c1-17-5-4-12-27-25(17)29-24-7-3-6-22(28-24)19-10-13-30(14-11-19)26(31)20-8-9-23-21(16-20)15-18(2)32-23/h3-9,12,16,18-19H,10-11,13-15H2,1-2H3,(H,27,28,29). The Labute approximate surface area is 188 Å². The number of anilines is 2. The predicted octanol–water partition coefficient (Wildman–Crippen LogP) is 4.87. The van der Waals surface area contributed by atoms with Crippen LogP contribution in [0, 0.1) is 6.92 Å². The summed E-state index contributed by atoms with van der Waals surface area (Å²) in [5, 5.41) is 3.33. The summed E-state index contributed by atoms with van der Waals surface area (Å²) in [6, 6.07) is 15.9. The topological polar surface area (TPSA) is 67.4 Å². The number of pyridine rings is 2. The molecular weight excluding hydrogens is 400 g/mol. The molecule has 1 unspecified atom stereocenters. The van der Waals surface area contributed by atoms with E-state index < -0.39 is 0 Å². The summed E-state index contributed by atoms with van der Waals surface area (Å²) in [5.41, 5.74) is 4.04. The number of ether oxygens (including phenoxy) is 1. The molecule has 0 bridgehead atoms. The largest absolute Gasteiger partial charge is 0.490 e. The van der Waals surface area contributed by atoms with Crippen LogP contribution in [0.4, 0.5) is 11.6 Å². The fraction of sp³-hybridized carbons (Fsp3) is 0.346. The van der Waals surface area contributed by atoms with E-state index in [1.807, 2.05) is 54.3 Å². The van der Waals surface area contributed by atoms with E-state index in [0.29, 0.717) is 5.92 Å². The van der Waals surface area contributed by atoms with Crippen molar-refractivity contribution >= 4 is 17.5 Å². The third-order valence-electron chi connectivity index (χ3n) is 6.37. The molecule has 2 aromatic heterocycles. The van der Waals surface area contributed by atoms with E-state index in [1.165, 1.54) is 0 Å². The fourth-order valence-corrected chi connectivity index (χ4v) is 4.60. The van der Waals surface area contributed by atoms with Crippen LogP contribution in [0.3, 0.4) is 0 Å². The first-order valence-corrected chi connectivity index (χ1v) is 11.3. The number of rotatable bonds is 4. The minimum Gasteiger partial charge on any atom is -0.490 e. The van der Waals surface area contributed by atoms with Gasteiger partial charge in [-0.25, -0.2) is 9.97 Å². The zero-order valence-corrected chi connectivity index (χ0v) is 18.5. The molecule has 0 radical (unpaired) electrons. The molecule has 1 aromatic carbocycles. The molecule has 6 nitrogen and oxygen atoms in total. The number of likely N-dealkylation sites (tertiary alicyclic amines) is 1. The number of benzene rings is 1. The van der Waals surface area contributed by atoms with Crippen LogP contribution < -0.4 is 10.1 Å². The van der Waals surface area contributed by atoms with Crippen LogP contribution >= 0.6 is 0 Å². The van der Waals surface area contributed by atoms with Gasteiger partial charge in [0.1, 0.15) is 23.5 Å². The summed E-state index contributed by atoms with van der Waals surface area (Å²) in [4.78, 5) is 24.3. The average Bonchev–Trinajstić information content (AvgIpc) is 3.19. The van der Waals surface area contributed by atoms with Gasteiger partial charge in [0.2, 0.25) is 0 Å². The molecule has 1 saturated heterocycles. The van der Waals surface area contributed by atoms with Crippen molar-refractivity contribution in [1.29, 1.82) is 0 Å². The van der Waals surface area contributed by atoms with Gasteiger partial charge in [-0.1, -0.05) is 12.1 Å². The summed E-state index contributed by atoms with van der Waals surface area (Å²) >= 11 is 0. The van der Waals surface area contributed by atoms with Gasteiger partial charge in [0.25, 0.3) is 5.91 Å². The Hall–Kier alpha value is -3.41. The molecule has 5 rings (SSSR count). The number of amides is 1. The first-order chi connectivity index (χ1) is 15.6. The van der Waals surface area contributed by atoms with Crippen molar-refractivity contribution in [3.63, 3.8) is 0 Å². The molecule has 2 aliphatic heterocycles. The van der Waals surface area contributed by atoms with Gasteiger partial charge < -0.3 is 15.0 Å². The number of hydrogen-bond donors (Lipinski definition) is 1. The lowest BCUT2D eigenvalue weighted by Gasteiger charge is -2.32. The van der Waals surface area contributed by atoms with Crippen LogP contribution in [0.1, 0.15) is 52.9 Å². The summed E-state index contributed by atoms with van der Waals surface area (Å²) in [6.45, 7) is 5.57. The van der Waals surface area contributed by atoms with E-state index in [2.05, 4.69) is 23.3 Å². The van der Waals surface area contributed by atoms with Crippen molar-refractivity contribution in [2.75, 3.05) is 18.4 Å². The van der Waals surface area contributed by atoms with E-state index >= 15 is 0 Å². The molecule has 0 aliphatic carbocycles. The molecule has 0 spiro atoms.